The Morgan fingerprint density at radius 2 is 1.07 bits per heavy atom. The number of carbonyl (C=O) groups is 2. The van der Waals surface area contributed by atoms with E-state index in [-0.39, 0.29) is 24.1 Å². The molecule has 314 valence electrons. The fourth-order valence-electron chi connectivity index (χ4n) is 4.91. The lowest BCUT2D eigenvalue weighted by atomic mass is 10.2. The first-order valence-corrected chi connectivity index (χ1v) is 21.0. The van der Waals surface area contributed by atoms with Crippen molar-refractivity contribution < 1.29 is 9.59 Å². The predicted octanol–water partition coefficient (Wildman–Crippen LogP) is 11.2. The van der Waals surface area contributed by atoms with E-state index in [4.69, 9.17) is 34.8 Å². The summed E-state index contributed by atoms with van der Waals surface area (Å²) in [5.41, 5.74) is 4.97. The van der Waals surface area contributed by atoms with E-state index in [2.05, 4.69) is 66.9 Å². The fraction of sp³-hybridized carbons (Fsp3) is 0.366. The standard InChI is InChI=1S/C12H13ClN4O.C11H10ClN3O.C11H12ClN3.C5H12.C2H5Br.ClH/c1-3-16(9(2)18)11-8-17(15-12(11)13)10-5-4-6-14-7-10;1-8(16)5-9-7-15(14-11(9)12)10-3-2-4-13-6-10;1-2-4-9-8-15(14-11(9)12)10-5-3-6-13-7-10;1-3-5-4-2;1-2-3;/h4-8H,3H2,1-2H3;2-4,6-7H,5H2,1H3;3,5-8H,2,4H2,1H3;3-5H2,1-2H3;2H2,1H3;1H. The Balaban J connectivity index is 0.000000395. The molecule has 12 nitrogen and oxygen atoms in total. The van der Waals surface area contributed by atoms with Crippen LogP contribution in [0.25, 0.3) is 17.1 Å². The number of amides is 1. The highest BCUT2D eigenvalue weighted by molar-refractivity contribution is 9.09. The highest BCUT2D eigenvalue weighted by atomic mass is 79.9. The average Bonchev–Trinajstić information content (AvgIpc) is 3.90. The maximum Gasteiger partial charge on any atom is 0.223 e. The van der Waals surface area contributed by atoms with Crippen molar-refractivity contribution in [1.82, 2.24) is 44.3 Å². The molecule has 0 aliphatic rings. The van der Waals surface area contributed by atoms with Crippen LogP contribution in [0.1, 0.15) is 85.3 Å². The van der Waals surface area contributed by atoms with E-state index in [1.807, 2.05) is 56.4 Å². The minimum atomic E-state index is -0.0647. The summed E-state index contributed by atoms with van der Waals surface area (Å²) >= 11 is 21.2. The summed E-state index contributed by atoms with van der Waals surface area (Å²) in [5, 5.41) is 14.9. The van der Waals surface area contributed by atoms with Gasteiger partial charge in [0, 0.05) is 67.3 Å². The third-order valence-electron chi connectivity index (χ3n) is 7.51. The zero-order chi connectivity index (χ0) is 42.2. The Hall–Kier alpha value is -4.14. The lowest BCUT2D eigenvalue weighted by molar-refractivity contribution is -0.117. The SMILES string of the molecule is CC(=O)Cc1cn(-c2cccnc2)nc1Cl.CCBr.CCCCC.CCCc1cn(-c2cccnc2)nc1Cl.CCN(C(C)=O)c1cn(-c2cccnc2)nc1Cl.Cl. The van der Waals surface area contributed by atoms with Gasteiger partial charge in [0.1, 0.15) is 11.5 Å². The minimum absolute atomic E-state index is 0. The van der Waals surface area contributed by atoms with Crippen LogP contribution in [0.3, 0.4) is 0 Å². The second-order valence-corrected chi connectivity index (χ2v) is 14.4. The molecule has 0 aromatic carbocycles. The number of Topliss-reactive ketones (excluding diaryl/α,β-unsaturated/α-hetero) is 1. The number of carbonyl (C=O) groups excluding carboxylic acids is 2. The number of aromatic nitrogens is 9. The number of nitrogens with zero attached hydrogens (tertiary/aromatic N) is 10. The van der Waals surface area contributed by atoms with Crippen LogP contribution >= 0.6 is 63.1 Å². The van der Waals surface area contributed by atoms with Crippen molar-refractivity contribution in [3.05, 3.63) is 119 Å². The lowest BCUT2D eigenvalue weighted by Crippen LogP contribution is -2.27. The number of rotatable bonds is 11. The number of halogens is 5. The van der Waals surface area contributed by atoms with E-state index in [9.17, 15) is 9.59 Å². The number of hydrogen-bond acceptors (Lipinski definition) is 8. The van der Waals surface area contributed by atoms with Crippen LogP contribution in [0, 0.1) is 0 Å². The second-order valence-electron chi connectivity index (χ2n) is 12.2. The third-order valence-corrected chi connectivity index (χ3v) is 8.42. The van der Waals surface area contributed by atoms with Gasteiger partial charge in [-0.05, 0) is 56.7 Å². The van der Waals surface area contributed by atoms with Gasteiger partial charge in [0.2, 0.25) is 5.91 Å². The molecule has 0 atom stereocenters. The molecule has 1 amide bonds. The highest BCUT2D eigenvalue weighted by Gasteiger charge is 2.17. The van der Waals surface area contributed by atoms with E-state index < -0.39 is 0 Å². The molecule has 0 aliphatic carbocycles. The summed E-state index contributed by atoms with van der Waals surface area (Å²) in [6, 6.07) is 11.2. The van der Waals surface area contributed by atoms with Gasteiger partial charge in [-0.25, -0.2) is 14.0 Å². The van der Waals surface area contributed by atoms with Gasteiger partial charge in [-0.3, -0.25) is 24.5 Å². The van der Waals surface area contributed by atoms with Crippen LogP contribution in [0.5, 0.6) is 0 Å². The summed E-state index contributed by atoms with van der Waals surface area (Å²) < 4.78 is 4.99. The molecule has 6 aromatic rings. The molecule has 17 heteroatoms. The highest BCUT2D eigenvalue weighted by Crippen LogP contribution is 2.26. The first-order valence-electron chi connectivity index (χ1n) is 18.7. The normalized spacial score (nSPS) is 9.84. The van der Waals surface area contributed by atoms with Gasteiger partial charge in [-0.2, -0.15) is 15.3 Å². The predicted molar refractivity (Wildman–Crippen MR) is 243 cm³/mol. The Bertz CT molecular complexity index is 2030. The fourth-order valence-corrected chi connectivity index (χ4v) is 5.56. The van der Waals surface area contributed by atoms with Crippen LogP contribution < -0.4 is 4.90 Å². The van der Waals surface area contributed by atoms with Crippen LogP contribution in [-0.4, -0.2) is 67.9 Å². The molecule has 0 radical (unpaired) electrons. The molecule has 6 rings (SSSR count). The molecule has 0 spiro atoms. The maximum absolute atomic E-state index is 11.5. The van der Waals surface area contributed by atoms with Crippen LogP contribution in [-0.2, 0) is 22.4 Å². The van der Waals surface area contributed by atoms with Gasteiger partial charge in [-0.15, -0.1) is 12.4 Å². The van der Waals surface area contributed by atoms with E-state index in [1.54, 1.807) is 68.5 Å². The Labute approximate surface area is 371 Å². The summed E-state index contributed by atoms with van der Waals surface area (Å²) in [6.45, 7) is 14.1. The molecule has 0 saturated heterocycles. The Kier molecular flexibility index (Phi) is 26.1. The molecule has 0 saturated carbocycles. The quantitative estimate of drug-likeness (QED) is 0.117. The Morgan fingerprint density at radius 3 is 1.41 bits per heavy atom. The van der Waals surface area contributed by atoms with Gasteiger partial charge in [0.15, 0.2) is 15.5 Å². The van der Waals surface area contributed by atoms with Gasteiger partial charge in [0.05, 0.1) is 41.8 Å². The van der Waals surface area contributed by atoms with Gasteiger partial charge in [0.25, 0.3) is 0 Å². The van der Waals surface area contributed by atoms with E-state index >= 15 is 0 Å². The van der Waals surface area contributed by atoms with Crippen molar-refractivity contribution >= 4 is 80.5 Å². The van der Waals surface area contributed by atoms with Gasteiger partial charge in [-0.1, -0.05) is 104 Å². The van der Waals surface area contributed by atoms with Crippen LogP contribution in [0.15, 0.2) is 92.2 Å². The van der Waals surface area contributed by atoms with Crippen molar-refractivity contribution in [2.45, 2.75) is 87.0 Å². The number of aryl methyl sites for hydroxylation is 1. The minimum Gasteiger partial charge on any atom is -0.309 e. The zero-order valence-corrected chi connectivity index (χ0v) is 38.7. The smallest absolute Gasteiger partial charge is 0.223 e. The first-order chi connectivity index (χ1) is 27.4. The number of pyridine rings is 3. The second kappa shape index (κ2) is 29.1. The van der Waals surface area contributed by atoms with Crippen molar-refractivity contribution in [3.63, 3.8) is 0 Å². The van der Waals surface area contributed by atoms with E-state index in [0.717, 1.165) is 46.4 Å². The number of ketones is 1. The zero-order valence-electron chi connectivity index (χ0n) is 34.0. The van der Waals surface area contributed by atoms with Crippen molar-refractivity contribution in [1.29, 1.82) is 0 Å². The topological polar surface area (TPSA) is 130 Å². The van der Waals surface area contributed by atoms with Crippen molar-refractivity contribution in [2.24, 2.45) is 0 Å². The summed E-state index contributed by atoms with van der Waals surface area (Å²) in [4.78, 5) is 36.1. The average molecular weight is 940 g/mol. The maximum atomic E-state index is 11.5. The molecule has 58 heavy (non-hydrogen) atoms. The lowest BCUT2D eigenvalue weighted by Gasteiger charge is -2.16. The molecule has 6 aromatic heterocycles. The number of alkyl halides is 1. The largest absolute Gasteiger partial charge is 0.309 e. The number of hydrogen-bond donors (Lipinski definition) is 0. The molecule has 0 bridgehead atoms. The van der Waals surface area contributed by atoms with Crippen LogP contribution in [0.2, 0.25) is 15.5 Å². The van der Waals surface area contributed by atoms with E-state index in [1.165, 1.54) is 33.1 Å². The first kappa shape index (κ1) is 51.9. The van der Waals surface area contributed by atoms with Gasteiger partial charge >= 0.3 is 0 Å². The number of anilines is 1. The van der Waals surface area contributed by atoms with Crippen molar-refractivity contribution in [2.75, 3.05) is 16.8 Å². The summed E-state index contributed by atoms with van der Waals surface area (Å²) in [7, 11) is 0. The van der Waals surface area contributed by atoms with Crippen LogP contribution in [0.4, 0.5) is 5.69 Å². The van der Waals surface area contributed by atoms with Crippen molar-refractivity contribution in [3.8, 4) is 17.1 Å². The Morgan fingerprint density at radius 1 is 0.655 bits per heavy atom. The van der Waals surface area contributed by atoms with Gasteiger partial charge < -0.3 is 4.90 Å². The molecule has 0 N–H and O–H groups in total. The molecule has 6 heterocycles. The number of unbranched alkanes of at least 4 members (excludes halogenated alkanes) is 2. The summed E-state index contributed by atoms with van der Waals surface area (Å²) in [5.74, 6) is -0.00206. The van der Waals surface area contributed by atoms with E-state index in [0.29, 0.717) is 34.1 Å². The monoisotopic (exact) mass is 936 g/mol. The summed E-state index contributed by atoms with van der Waals surface area (Å²) in [6.07, 6.45) is 22.1. The molecular weight excluding hydrogens is 886 g/mol. The molecule has 0 aliphatic heterocycles. The molecule has 0 fully saturated rings. The third kappa shape index (κ3) is 17.8. The molecular formula is C41H53BrCl4N10O2. The molecule has 0 unspecified atom stereocenters.